The molecular weight excluding hydrogens is 316 g/mol. The lowest BCUT2D eigenvalue weighted by Gasteiger charge is -2.13. The van der Waals surface area contributed by atoms with Crippen molar-refractivity contribution in [3.05, 3.63) is 52.0 Å². The highest BCUT2D eigenvalue weighted by Crippen LogP contribution is 2.36. The molecule has 1 aliphatic rings. The van der Waals surface area contributed by atoms with E-state index in [0.29, 0.717) is 17.0 Å². The van der Waals surface area contributed by atoms with E-state index in [-0.39, 0.29) is 5.78 Å². The smallest absolute Gasteiger partial charge is 0.157 e. The number of rotatable bonds is 3. The van der Waals surface area contributed by atoms with Crippen LogP contribution in [0.2, 0.25) is 5.02 Å². The Bertz CT molecular complexity index is 784. The van der Waals surface area contributed by atoms with Crippen molar-refractivity contribution >= 4 is 33.7 Å². The molecule has 0 amide bonds. The van der Waals surface area contributed by atoms with Crippen molar-refractivity contribution in [1.29, 1.82) is 5.26 Å². The van der Waals surface area contributed by atoms with Crippen molar-refractivity contribution in [2.75, 3.05) is 5.32 Å². The van der Waals surface area contributed by atoms with Crippen LogP contribution >= 0.6 is 22.9 Å². The highest BCUT2D eigenvalue weighted by Gasteiger charge is 2.16. The molecule has 0 saturated heterocycles. The first kappa shape index (κ1) is 14.8. The van der Waals surface area contributed by atoms with Gasteiger partial charge in [0.25, 0.3) is 0 Å². The van der Waals surface area contributed by atoms with Gasteiger partial charge in [0.1, 0.15) is 11.1 Å². The van der Waals surface area contributed by atoms with Gasteiger partial charge in [-0.15, -0.1) is 11.3 Å². The summed E-state index contributed by atoms with van der Waals surface area (Å²) >= 11 is 7.38. The van der Waals surface area contributed by atoms with Crippen LogP contribution in [0.5, 0.6) is 0 Å². The number of benzene rings is 1. The Balaban J connectivity index is 1.92. The summed E-state index contributed by atoms with van der Waals surface area (Å²) in [5.74, 6) is 0.140. The van der Waals surface area contributed by atoms with E-state index >= 15 is 0 Å². The number of nitrogens with zero attached hydrogens (tertiary/aromatic N) is 1. The van der Waals surface area contributed by atoms with Crippen molar-refractivity contribution < 1.29 is 4.79 Å². The zero-order chi connectivity index (χ0) is 15.5. The number of hydrogen-bond donors (Lipinski definition) is 1. The molecule has 1 aliphatic carbocycles. The van der Waals surface area contributed by atoms with Gasteiger partial charge in [-0.2, -0.15) is 5.26 Å². The fourth-order valence-electron chi connectivity index (χ4n) is 2.44. The van der Waals surface area contributed by atoms with E-state index in [0.717, 1.165) is 34.7 Å². The van der Waals surface area contributed by atoms with E-state index in [1.54, 1.807) is 6.08 Å². The van der Waals surface area contributed by atoms with Crippen molar-refractivity contribution in [3.8, 4) is 17.2 Å². The van der Waals surface area contributed by atoms with E-state index in [1.165, 1.54) is 11.3 Å². The maximum absolute atomic E-state index is 11.5. The van der Waals surface area contributed by atoms with E-state index in [1.807, 2.05) is 29.6 Å². The zero-order valence-electron chi connectivity index (χ0n) is 11.7. The summed E-state index contributed by atoms with van der Waals surface area (Å²) in [5.41, 5.74) is 3.33. The standard InChI is InChI=1S/C17H13ClN2OS/c18-12-6-4-11(5-7-12)16-10-22-17(15(16)9-19)20-13-2-1-3-14(21)8-13/h4-8,10,20H,1-3H2. The predicted molar refractivity (Wildman–Crippen MR) is 90.0 cm³/mol. The Labute approximate surface area is 137 Å². The topological polar surface area (TPSA) is 52.9 Å². The fraction of sp³-hybridized carbons (Fsp3) is 0.176. The third kappa shape index (κ3) is 3.06. The molecule has 1 N–H and O–H groups in total. The Hall–Kier alpha value is -2.09. The van der Waals surface area contributed by atoms with Crippen molar-refractivity contribution in [1.82, 2.24) is 0 Å². The van der Waals surface area contributed by atoms with Gasteiger partial charge in [-0.05, 0) is 30.5 Å². The van der Waals surface area contributed by atoms with Gasteiger partial charge in [0.05, 0.1) is 5.56 Å². The number of carbonyl (C=O) groups is 1. The molecule has 2 aromatic rings. The Morgan fingerprint density at radius 3 is 2.68 bits per heavy atom. The van der Waals surface area contributed by atoms with Crippen LogP contribution in [-0.4, -0.2) is 5.78 Å². The third-order valence-corrected chi connectivity index (χ3v) is 4.68. The number of hydrogen-bond acceptors (Lipinski definition) is 4. The molecule has 22 heavy (non-hydrogen) atoms. The first-order valence-corrected chi connectivity index (χ1v) is 8.21. The monoisotopic (exact) mass is 328 g/mol. The zero-order valence-corrected chi connectivity index (χ0v) is 13.3. The lowest BCUT2D eigenvalue weighted by atomic mass is 10.0. The van der Waals surface area contributed by atoms with Crippen LogP contribution in [0, 0.1) is 11.3 Å². The molecule has 1 heterocycles. The largest absolute Gasteiger partial charge is 0.349 e. The molecule has 1 aromatic heterocycles. The summed E-state index contributed by atoms with van der Waals surface area (Å²) in [7, 11) is 0. The van der Waals surface area contributed by atoms with Crippen LogP contribution in [0.15, 0.2) is 41.4 Å². The molecule has 3 rings (SSSR count). The molecule has 1 aromatic carbocycles. The average molecular weight is 329 g/mol. The number of halogens is 1. The maximum Gasteiger partial charge on any atom is 0.157 e. The summed E-state index contributed by atoms with van der Waals surface area (Å²) in [6.07, 6.45) is 3.95. The van der Waals surface area contributed by atoms with E-state index in [4.69, 9.17) is 11.6 Å². The lowest BCUT2D eigenvalue weighted by Crippen LogP contribution is -2.09. The van der Waals surface area contributed by atoms with Crippen LogP contribution in [-0.2, 0) is 4.79 Å². The molecule has 110 valence electrons. The molecule has 0 unspecified atom stereocenters. The van der Waals surface area contributed by atoms with Crippen LogP contribution in [0.1, 0.15) is 24.8 Å². The molecule has 3 nitrogen and oxygen atoms in total. The Morgan fingerprint density at radius 2 is 2.00 bits per heavy atom. The summed E-state index contributed by atoms with van der Waals surface area (Å²) < 4.78 is 0. The highest BCUT2D eigenvalue weighted by molar-refractivity contribution is 7.15. The molecule has 0 fully saturated rings. The SMILES string of the molecule is N#Cc1c(-c2ccc(Cl)cc2)csc1NC1=CC(=O)CCC1. The average Bonchev–Trinajstić information content (AvgIpc) is 2.90. The van der Waals surface area contributed by atoms with Gasteiger partial charge in [-0.1, -0.05) is 23.7 Å². The molecule has 0 bridgehead atoms. The molecule has 0 aliphatic heterocycles. The number of carbonyl (C=O) groups excluding carboxylic acids is 1. The van der Waals surface area contributed by atoms with E-state index in [9.17, 15) is 10.1 Å². The second kappa shape index (κ2) is 6.35. The number of nitrogens with one attached hydrogen (secondary N) is 1. The number of anilines is 1. The van der Waals surface area contributed by atoms with Crippen molar-refractivity contribution in [2.24, 2.45) is 0 Å². The lowest BCUT2D eigenvalue weighted by molar-refractivity contribution is -0.115. The molecule has 0 saturated carbocycles. The van der Waals surface area contributed by atoms with Crippen molar-refractivity contribution in [2.45, 2.75) is 19.3 Å². The van der Waals surface area contributed by atoms with Gasteiger partial charge >= 0.3 is 0 Å². The second-order valence-corrected chi connectivity index (χ2v) is 6.40. The molecule has 0 atom stereocenters. The summed E-state index contributed by atoms with van der Waals surface area (Å²) in [6, 6.07) is 9.68. The molecule has 0 spiro atoms. The van der Waals surface area contributed by atoms with Crippen molar-refractivity contribution in [3.63, 3.8) is 0 Å². The minimum Gasteiger partial charge on any atom is -0.349 e. The van der Waals surface area contributed by atoms with Gasteiger partial charge in [-0.3, -0.25) is 4.79 Å². The summed E-state index contributed by atoms with van der Waals surface area (Å²) in [6.45, 7) is 0. The van der Waals surface area contributed by atoms with Crippen LogP contribution in [0.4, 0.5) is 5.00 Å². The summed E-state index contributed by atoms with van der Waals surface area (Å²) in [5, 5.41) is 16.1. The molecule has 0 radical (unpaired) electrons. The predicted octanol–water partition coefficient (Wildman–Crippen LogP) is 4.99. The number of thiophene rings is 1. The van der Waals surface area contributed by atoms with Gasteiger partial charge in [0.2, 0.25) is 0 Å². The third-order valence-electron chi connectivity index (χ3n) is 3.54. The Morgan fingerprint density at radius 1 is 1.23 bits per heavy atom. The van der Waals surface area contributed by atoms with Crippen LogP contribution in [0.25, 0.3) is 11.1 Å². The van der Waals surface area contributed by atoms with Gasteiger partial charge < -0.3 is 5.32 Å². The van der Waals surface area contributed by atoms with E-state index < -0.39 is 0 Å². The first-order valence-electron chi connectivity index (χ1n) is 6.95. The van der Waals surface area contributed by atoms with Gasteiger partial charge in [0.15, 0.2) is 5.78 Å². The minimum absolute atomic E-state index is 0.140. The van der Waals surface area contributed by atoms with Gasteiger partial charge in [0, 0.05) is 34.2 Å². The number of nitriles is 1. The van der Waals surface area contributed by atoms with Crippen LogP contribution < -0.4 is 5.32 Å². The molecule has 5 heteroatoms. The molecular formula is C17H13ClN2OS. The minimum atomic E-state index is 0.140. The van der Waals surface area contributed by atoms with Crippen LogP contribution in [0.3, 0.4) is 0 Å². The second-order valence-electron chi connectivity index (χ2n) is 5.09. The van der Waals surface area contributed by atoms with Gasteiger partial charge in [-0.25, -0.2) is 0 Å². The quantitative estimate of drug-likeness (QED) is 0.863. The fourth-order valence-corrected chi connectivity index (χ4v) is 3.52. The number of allylic oxidation sites excluding steroid dienone is 2. The highest BCUT2D eigenvalue weighted by atomic mass is 35.5. The first-order chi connectivity index (χ1) is 10.7. The normalized spacial score (nSPS) is 14.4. The number of ketones is 1. The van der Waals surface area contributed by atoms with E-state index in [2.05, 4.69) is 11.4 Å². The maximum atomic E-state index is 11.5. The summed E-state index contributed by atoms with van der Waals surface area (Å²) in [4.78, 5) is 11.5. The Kier molecular flexibility index (Phi) is 4.28.